The number of aromatic nitrogens is 1. The number of aryl methyl sites for hydroxylation is 1. The number of ether oxygens (including phenoxy) is 1. The number of hydrogen-bond acceptors (Lipinski definition) is 3. The van der Waals surface area contributed by atoms with Crippen LogP contribution in [-0.4, -0.2) is 12.1 Å². The normalized spacial score (nSPS) is 10.0. The molecule has 1 aromatic heterocycles. The van der Waals surface area contributed by atoms with Gasteiger partial charge in [0.2, 0.25) is 0 Å². The Balaban J connectivity index is 2.00. The first kappa shape index (κ1) is 11.5. The van der Waals surface area contributed by atoms with Crippen LogP contribution in [0.3, 0.4) is 0 Å². The first-order valence-electron chi connectivity index (χ1n) is 5.57. The Hall–Kier alpha value is -2.03. The molecule has 0 saturated carbocycles. The first-order chi connectivity index (χ1) is 8.29. The Morgan fingerprint density at radius 1 is 1.18 bits per heavy atom. The third kappa shape index (κ3) is 2.97. The van der Waals surface area contributed by atoms with E-state index in [9.17, 15) is 0 Å². The van der Waals surface area contributed by atoms with Crippen molar-refractivity contribution in [2.24, 2.45) is 0 Å². The number of pyridine rings is 1. The van der Waals surface area contributed by atoms with Crippen LogP contribution in [0.2, 0.25) is 0 Å². The van der Waals surface area contributed by atoms with Gasteiger partial charge >= 0.3 is 0 Å². The van der Waals surface area contributed by atoms with Crippen molar-refractivity contribution in [1.29, 1.82) is 0 Å². The molecule has 3 nitrogen and oxygen atoms in total. The summed E-state index contributed by atoms with van der Waals surface area (Å²) in [6, 6.07) is 9.91. The number of methoxy groups -OCH3 is 1. The van der Waals surface area contributed by atoms with Crippen molar-refractivity contribution in [3.8, 4) is 5.75 Å². The highest BCUT2D eigenvalue weighted by Crippen LogP contribution is 2.16. The molecule has 1 aromatic carbocycles. The van der Waals surface area contributed by atoms with Crippen molar-refractivity contribution in [2.45, 2.75) is 13.5 Å². The van der Waals surface area contributed by atoms with Gasteiger partial charge in [-0.1, -0.05) is 0 Å². The molecule has 2 aromatic rings. The molecular formula is C14H16N2O. The molecule has 0 amide bonds. The summed E-state index contributed by atoms with van der Waals surface area (Å²) in [6.07, 6.45) is 3.71. The summed E-state index contributed by atoms with van der Waals surface area (Å²) in [6.45, 7) is 2.87. The highest BCUT2D eigenvalue weighted by atomic mass is 16.5. The van der Waals surface area contributed by atoms with Gasteiger partial charge in [0.05, 0.1) is 7.11 Å². The Kier molecular flexibility index (Phi) is 3.60. The van der Waals surface area contributed by atoms with Crippen LogP contribution in [0.1, 0.15) is 11.1 Å². The van der Waals surface area contributed by atoms with E-state index in [2.05, 4.69) is 17.2 Å². The third-order valence-corrected chi connectivity index (χ3v) is 2.72. The summed E-state index contributed by atoms with van der Waals surface area (Å²) < 4.78 is 5.11. The molecule has 0 bridgehead atoms. The monoisotopic (exact) mass is 228 g/mol. The smallest absolute Gasteiger partial charge is 0.119 e. The van der Waals surface area contributed by atoms with Gasteiger partial charge in [-0.05, 0) is 48.4 Å². The topological polar surface area (TPSA) is 34.1 Å². The molecule has 88 valence electrons. The fourth-order valence-corrected chi connectivity index (χ4v) is 1.59. The molecule has 3 heteroatoms. The van der Waals surface area contributed by atoms with E-state index in [-0.39, 0.29) is 0 Å². The zero-order chi connectivity index (χ0) is 12.1. The minimum Gasteiger partial charge on any atom is -0.497 e. The maximum Gasteiger partial charge on any atom is 0.119 e. The second kappa shape index (κ2) is 5.34. The third-order valence-electron chi connectivity index (χ3n) is 2.72. The summed E-state index contributed by atoms with van der Waals surface area (Å²) in [5.41, 5.74) is 3.54. The molecule has 0 radical (unpaired) electrons. The average Bonchev–Trinajstić information content (AvgIpc) is 2.38. The van der Waals surface area contributed by atoms with Crippen LogP contribution < -0.4 is 10.1 Å². The molecule has 1 N–H and O–H groups in total. The Morgan fingerprint density at radius 2 is 1.94 bits per heavy atom. The molecular weight excluding hydrogens is 212 g/mol. The number of hydrogen-bond donors (Lipinski definition) is 1. The molecule has 0 aliphatic carbocycles. The van der Waals surface area contributed by atoms with Gasteiger partial charge in [0.15, 0.2) is 0 Å². The van der Waals surface area contributed by atoms with Crippen molar-refractivity contribution in [2.75, 3.05) is 12.4 Å². The fraction of sp³-hybridized carbons (Fsp3) is 0.214. The van der Waals surface area contributed by atoms with Gasteiger partial charge < -0.3 is 10.1 Å². The minimum absolute atomic E-state index is 0.784. The van der Waals surface area contributed by atoms with E-state index in [0.717, 1.165) is 18.0 Å². The van der Waals surface area contributed by atoms with Crippen LogP contribution in [0.15, 0.2) is 42.7 Å². The van der Waals surface area contributed by atoms with E-state index in [0.29, 0.717) is 0 Å². The van der Waals surface area contributed by atoms with Gasteiger partial charge in [0, 0.05) is 24.6 Å². The Labute approximate surface area is 101 Å². The first-order valence-corrected chi connectivity index (χ1v) is 5.57. The van der Waals surface area contributed by atoms with Gasteiger partial charge in [0.25, 0.3) is 0 Å². The molecule has 17 heavy (non-hydrogen) atoms. The zero-order valence-corrected chi connectivity index (χ0v) is 10.1. The van der Waals surface area contributed by atoms with E-state index in [1.807, 2.05) is 42.7 Å². The highest BCUT2D eigenvalue weighted by molar-refractivity contribution is 5.47. The van der Waals surface area contributed by atoms with E-state index in [4.69, 9.17) is 4.74 Å². The molecule has 0 fully saturated rings. The molecule has 1 heterocycles. The number of benzene rings is 1. The summed E-state index contributed by atoms with van der Waals surface area (Å²) in [5.74, 6) is 0.869. The number of anilines is 1. The summed E-state index contributed by atoms with van der Waals surface area (Å²) in [5, 5.41) is 3.36. The van der Waals surface area contributed by atoms with Gasteiger partial charge in [-0.2, -0.15) is 0 Å². The van der Waals surface area contributed by atoms with Crippen molar-refractivity contribution in [3.05, 3.63) is 53.9 Å². The van der Waals surface area contributed by atoms with Crippen LogP contribution in [0.4, 0.5) is 5.69 Å². The van der Waals surface area contributed by atoms with Crippen molar-refractivity contribution in [3.63, 3.8) is 0 Å². The van der Waals surface area contributed by atoms with E-state index in [1.54, 1.807) is 7.11 Å². The second-order valence-corrected chi connectivity index (χ2v) is 3.88. The predicted molar refractivity (Wildman–Crippen MR) is 69.3 cm³/mol. The average molecular weight is 228 g/mol. The molecule has 2 rings (SSSR count). The van der Waals surface area contributed by atoms with Crippen LogP contribution >= 0.6 is 0 Å². The lowest BCUT2D eigenvalue weighted by molar-refractivity contribution is 0.415. The quantitative estimate of drug-likeness (QED) is 0.873. The second-order valence-electron chi connectivity index (χ2n) is 3.88. The van der Waals surface area contributed by atoms with Crippen LogP contribution in [-0.2, 0) is 6.54 Å². The molecule has 0 saturated heterocycles. The van der Waals surface area contributed by atoms with Crippen molar-refractivity contribution >= 4 is 5.69 Å². The van der Waals surface area contributed by atoms with E-state index >= 15 is 0 Å². The maximum atomic E-state index is 5.11. The van der Waals surface area contributed by atoms with Crippen molar-refractivity contribution in [1.82, 2.24) is 4.98 Å². The molecule has 0 aliphatic heterocycles. The maximum absolute atomic E-state index is 5.11. The number of nitrogens with zero attached hydrogens (tertiary/aromatic N) is 1. The lowest BCUT2D eigenvalue weighted by atomic mass is 10.1. The minimum atomic E-state index is 0.784. The zero-order valence-electron chi connectivity index (χ0n) is 10.1. The standard InChI is InChI=1S/C14H16N2O/c1-11-7-8-15-9-12(11)10-16-13-3-5-14(17-2)6-4-13/h3-9,16H,10H2,1-2H3. The molecule has 0 spiro atoms. The van der Waals surface area contributed by atoms with Crippen LogP contribution in [0.25, 0.3) is 0 Å². The highest BCUT2D eigenvalue weighted by Gasteiger charge is 1.98. The van der Waals surface area contributed by atoms with Crippen molar-refractivity contribution < 1.29 is 4.74 Å². The number of nitrogens with one attached hydrogen (secondary N) is 1. The summed E-state index contributed by atoms with van der Waals surface area (Å²) in [4.78, 5) is 4.13. The number of rotatable bonds is 4. The molecule has 0 aliphatic rings. The Morgan fingerprint density at radius 3 is 2.59 bits per heavy atom. The predicted octanol–water partition coefficient (Wildman–Crippen LogP) is 3.01. The SMILES string of the molecule is COc1ccc(NCc2cnccc2C)cc1. The van der Waals surface area contributed by atoms with Gasteiger partial charge in [0.1, 0.15) is 5.75 Å². The van der Waals surface area contributed by atoms with Gasteiger partial charge in [-0.15, -0.1) is 0 Å². The lowest BCUT2D eigenvalue weighted by Gasteiger charge is -2.09. The summed E-state index contributed by atoms with van der Waals surface area (Å²) in [7, 11) is 1.67. The van der Waals surface area contributed by atoms with E-state index < -0.39 is 0 Å². The van der Waals surface area contributed by atoms with Crippen LogP contribution in [0, 0.1) is 6.92 Å². The largest absolute Gasteiger partial charge is 0.497 e. The Bertz CT molecular complexity index is 480. The van der Waals surface area contributed by atoms with Crippen LogP contribution in [0.5, 0.6) is 5.75 Å². The fourth-order valence-electron chi connectivity index (χ4n) is 1.59. The van der Waals surface area contributed by atoms with Gasteiger partial charge in [-0.3, -0.25) is 4.98 Å². The van der Waals surface area contributed by atoms with Gasteiger partial charge in [-0.25, -0.2) is 0 Å². The molecule has 0 unspecified atom stereocenters. The van der Waals surface area contributed by atoms with E-state index in [1.165, 1.54) is 11.1 Å². The summed E-state index contributed by atoms with van der Waals surface area (Å²) >= 11 is 0. The molecule has 0 atom stereocenters. The lowest BCUT2D eigenvalue weighted by Crippen LogP contribution is -2.01.